The summed E-state index contributed by atoms with van der Waals surface area (Å²) in [6, 6.07) is 21.7. The lowest BCUT2D eigenvalue weighted by Gasteiger charge is -2.18. The summed E-state index contributed by atoms with van der Waals surface area (Å²) in [5.41, 5.74) is 3.48. The smallest absolute Gasteiger partial charge is 0.258 e. The van der Waals surface area contributed by atoms with Gasteiger partial charge in [-0.15, -0.1) is 0 Å². The van der Waals surface area contributed by atoms with Crippen LogP contribution in [0.4, 0.5) is 11.6 Å². The molecule has 36 heavy (non-hydrogen) atoms. The van der Waals surface area contributed by atoms with Gasteiger partial charge in [0, 0.05) is 42.0 Å². The fraction of sp³-hybridized carbons (Fsp3) is 0.250. The largest absolute Gasteiger partial charge is 0.311 e. The lowest BCUT2D eigenvalue weighted by atomic mass is 10.2. The Labute approximate surface area is 215 Å². The molecule has 1 fully saturated rings. The van der Waals surface area contributed by atoms with Crippen molar-refractivity contribution in [2.75, 3.05) is 36.9 Å². The first kappa shape index (κ1) is 24.0. The van der Waals surface area contributed by atoms with Gasteiger partial charge in [0.15, 0.2) is 0 Å². The maximum Gasteiger partial charge on any atom is 0.258 e. The Balaban J connectivity index is 1.45. The van der Waals surface area contributed by atoms with Crippen molar-refractivity contribution in [3.8, 4) is 0 Å². The molecule has 0 spiro atoms. The summed E-state index contributed by atoms with van der Waals surface area (Å²) in [5, 5.41) is 3.55. The monoisotopic (exact) mass is 501 g/mol. The maximum atomic E-state index is 13.0. The maximum absolute atomic E-state index is 13.0. The number of nitrogens with one attached hydrogen (secondary N) is 1. The van der Waals surface area contributed by atoms with Gasteiger partial charge in [-0.2, -0.15) is 0 Å². The molecule has 2 amide bonds. The Morgan fingerprint density at radius 1 is 0.944 bits per heavy atom. The molecule has 0 radical (unpaired) electrons. The van der Waals surface area contributed by atoms with E-state index in [2.05, 4.69) is 10.2 Å². The number of benzene rings is 3. The summed E-state index contributed by atoms with van der Waals surface area (Å²) in [4.78, 5) is 34.7. The van der Waals surface area contributed by atoms with E-state index in [1.165, 1.54) is 12.8 Å². The zero-order valence-corrected chi connectivity index (χ0v) is 20.9. The minimum absolute atomic E-state index is 0.0975. The van der Waals surface area contributed by atoms with Gasteiger partial charge in [0.05, 0.1) is 11.0 Å². The second-order valence-corrected chi connectivity index (χ2v) is 9.44. The average Bonchev–Trinajstić information content (AvgIpc) is 3.54. The Morgan fingerprint density at radius 3 is 2.39 bits per heavy atom. The second-order valence-electron chi connectivity index (χ2n) is 9.00. The number of nitrogens with zero attached hydrogens (tertiary/aromatic N) is 4. The summed E-state index contributed by atoms with van der Waals surface area (Å²) < 4.78 is 2.05. The van der Waals surface area contributed by atoms with Crippen LogP contribution in [0, 0.1) is 0 Å². The number of aromatic nitrogens is 2. The molecule has 0 unspecified atom stereocenters. The molecular formula is C28H28ClN5O2. The van der Waals surface area contributed by atoms with Gasteiger partial charge < -0.3 is 14.4 Å². The first-order chi connectivity index (χ1) is 17.5. The number of likely N-dealkylation sites (tertiary alicyclic amines) is 1. The Bertz CT molecular complexity index is 1380. The summed E-state index contributed by atoms with van der Waals surface area (Å²) in [6.45, 7) is 3.76. The van der Waals surface area contributed by atoms with Gasteiger partial charge in [-0.1, -0.05) is 29.8 Å². The Morgan fingerprint density at radius 2 is 1.67 bits per heavy atom. The van der Waals surface area contributed by atoms with E-state index in [1.54, 1.807) is 48.3 Å². The average molecular weight is 502 g/mol. The molecule has 3 aromatic carbocycles. The molecule has 1 N–H and O–H groups in total. The van der Waals surface area contributed by atoms with E-state index in [4.69, 9.17) is 16.6 Å². The predicted molar refractivity (Wildman–Crippen MR) is 144 cm³/mol. The fourth-order valence-electron chi connectivity index (χ4n) is 4.56. The van der Waals surface area contributed by atoms with Crippen LogP contribution in [0.3, 0.4) is 0 Å². The second kappa shape index (κ2) is 10.5. The number of hydrogen-bond donors (Lipinski definition) is 1. The van der Waals surface area contributed by atoms with Crippen molar-refractivity contribution in [3.63, 3.8) is 0 Å². The number of rotatable bonds is 7. The van der Waals surface area contributed by atoms with Crippen molar-refractivity contribution < 1.29 is 9.59 Å². The standard InChI is InChI=1S/C28H28ClN5O2/c1-32(27(36)21-7-3-2-4-8-21)23-13-14-25-24(19-23)30-28(34(25)18-17-33-15-5-6-16-33)31-26(35)20-9-11-22(29)12-10-20/h2-4,7-14,19H,5-6,15-18H2,1H3,(H,30,31,35). The van der Waals surface area contributed by atoms with Gasteiger partial charge in [0.1, 0.15) is 0 Å². The first-order valence-electron chi connectivity index (χ1n) is 12.1. The van der Waals surface area contributed by atoms with Gasteiger partial charge >= 0.3 is 0 Å². The van der Waals surface area contributed by atoms with Crippen LogP contribution in [0.2, 0.25) is 5.02 Å². The molecule has 0 atom stereocenters. The van der Waals surface area contributed by atoms with Crippen molar-refractivity contribution in [2.24, 2.45) is 0 Å². The van der Waals surface area contributed by atoms with Gasteiger partial charge in [0.25, 0.3) is 11.8 Å². The molecule has 1 aliphatic rings. The molecule has 7 nitrogen and oxygen atoms in total. The van der Waals surface area contributed by atoms with Crippen LogP contribution in [0.25, 0.3) is 11.0 Å². The molecule has 1 saturated heterocycles. The molecule has 0 aliphatic carbocycles. The van der Waals surface area contributed by atoms with Gasteiger partial charge in [-0.3, -0.25) is 14.9 Å². The predicted octanol–water partition coefficient (Wildman–Crippen LogP) is 5.31. The van der Waals surface area contributed by atoms with Crippen LogP contribution >= 0.6 is 11.6 Å². The first-order valence-corrected chi connectivity index (χ1v) is 12.5. The van der Waals surface area contributed by atoms with Crippen molar-refractivity contribution in [3.05, 3.63) is 88.9 Å². The third kappa shape index (κ3) is 5.12. The van der Waals surface area contributed by atoms with Crippen molar-refractivity contribution in [1.82, 2.24) is 14.5 Å². The van der Waals surface area contributed by atoms with E-state index < -0.39 is 0 Å². The van der Waals surface area contributed by atoms with Gasteiger partial charge in [-0.05, 0) is 80.5 Å². The van der Waals surface area contributed by atoms with Crippen LogP contribution in [0.1, 0.15) is 33.6 Å². The molecule has 0 saturated carbocycles. The van der Waals surface area contributed by atoms with Crippen molar-refractivity contribution >= 4 is 46.1 Å². The Hall–Kier alpha value is -3.68. The fourth-order valence-corrected chi connectivity index (χ4v) is 4.69. The van der Waals surface area contributed by atoms with Crippen LogP contribution in [-0.4, -0.2) is 52.9 Å². The molecule has 1 aliphatic heterocycles. The van der Waals surface area contributed by atoms with E-state index in [0.717, 1.165) is 30.8 Å². The molecule has 5 rings (SSSR count). The van der Waals surface area contributed by atoms with E-state index in [-0.39, 0.29) is 11.8 Å². The topological polar surface area (TPSA) is 70.5 Å². The molecular weight excluding hydrogens is 474 g/mol. The van der Waals surface area contributed by atoms with E-state index in [0.29, 0.717) is 34.2 Å². The highest BCUT2D eigenvalue weighted by Crippen LogP contribution is 2.26. The number of halogens is 1. The normalized spacial score (nSPS) is 13.7. The summed E-state index contributed by atoms with van der Waals surface area (Å²) in [7, 11) is 1.75. The lowest BCUT2D eigenvalue weighted by Crippen LogP contribution is -2.26. The number of imidazole rings is 1. The zero-order valence-electron chi connectivity index (χ0n) is 20.2. The highest BCUT2D eigenvalue weighted by atomic mass is 35.5. The molecule has 2 heterocycles. The quantitative estimate of drug-likeness (QED) is 0.372. The van der Waals surface area contributed by atoms with E-state index in [1.807, 2.05) is 41.0 Å². The van der Waals surface area contributed by atoms with Crippen molar-refractivity contribution in [1.29, 1.82) is 0 Å². The minimum Gasteiger partial charge on any atom is -0.311 e. The lowest BCUT2D eigenvalue weighted by molar-refractivity contribution is 0.0991. The highest BCUT2D eigenvalue weighted by molar-refractivity contribution is 6.30. The highest BCUT2D eigenvalue weighted by Gasteiger charge is 2.19. The summed E-state index contributed by atoms with van der Waals surface area (Å²) in [6.07, 6.45) is 2.44. The van der Waals surface area contributed by atoms with Crippen molar-refractivity contribution in [2.45, 2.75) is 19.4 Å². The number of hydrogen-bond acceptors (Lipinski definition) is 4. The van der Waals surface area contributed by atoms with Gasteiger partial charge in [0.2, 0.25) is 5.95 Å². The van der Waals surface area contributed by atoms with Crippen LogP contribution in [0.15, 0.2) is 72.8 Å². The molecule has 8 heteroatoms. The number of fused-ring (bicyclic) bond motifs is 1. The van der Waals surface area contributed by atoms with E-state index >= 15 is 0 Å². The molecule has 1 aromatic heterocycles. The SMILES string of the molecule is CN(C(=O)c1ccccc1)c1ccc2c(c1)nc(NC(=O)c1ccc(Cl)cc1)n2CCN1CCCC1. The molecule has 0 bridgehead atoms. The Kier molecular flexibility index (Phi) is 7.02. The third-order valence-corrected chi connectivity index (χ3v) is 6.87. The van der Waals surface area contributed by atoms with E-state index in [9.17, 15) is 9.59 Å². The molecule has 184 valence electrons. The minimum atomic E-state index is -0.249. The number of carbonyl (C=O) groups is 2. The van der Waals surface area contributed by atoms with Crippen LogP contribution in [0.5, 0.6) is 0 Å². The molecule has 4 aromatic rings. The van der Waals surface area contributed by atoms with Crippen LogP contribution in [-0.2, 0) is 6.54 Å². The van der Waals surface area contributed by atoms with Gasteiger partial charge in [-0.25, -0.2) is 4.98 Å². The number of carbonyl (C=O) groups excluding carboxylic acids is 2. The number of anilines is 2. The third-order valence-electron chi connectivity index (χ3n) is 6.61. The number of amides is 2. The summed E-state index contributed by atoms with van der Waals surface area (Å²) in [5.74, 6) is 0.138. The summed E-state index contributed by atoms with van der Waals surface area (Å²) >= 11 is 5.98. The zero-order chi connectivity index (χ0) is 25.1. The van der Waals surface area contributed by atoms with Crippen LogP contribution < -0.4 is 10.2 Å².